The Hall–Kier alpha value is -0.460. The third-order valence-corrected chi connectivity index (χ3v) is 5.41. The molecule has 0 aromatic rings. The smallest absolute Gasteiger partial charge is 0.246 e. The molecule has 2 aliphatic rings. The van der Waals surface area contributed by atoms with Crippen LogP contribution in [0, 0.1) is 11.3 Å². The minimum Gasteiger partial charge on any atom is -0.341 e. The summed E-state index contributed by atoms with van der Waals surface area (Å²) in [5.41, 5.74) is -0.431. The van der Waals surface area contributed by atoms with Gasteiger partial charge in [-0.05, 0) is 32.4 Å². The topological polar surface area (TPSA) is 52.7 Å². The maximum atomic E-state index is 12.9. The molecule has 2 unspecified atom stereocenters. The van der Waals surface area contributed by atoms with E-state index in [4.69, 9.17) is 0 Å². The highest BCUT2D eigenvalue weighted by Gasteiger charge is 2.41. The van der Waals surface area contributed by atoms with Crippen molar-refractivity contribution in [2.24, 2.45) is 11.3 Å². The third kappa shape index (κ3) is 5.00. The number of piperidine rings is 1. The lowest BCUT2D eigenvalue weighted by Crippen LogP contribution is -2.54. The zero-order valence-corrected chi connectivity index (χ0v) is 16.3. The normalized spacial score (nSPS) is 25.2. The average molecular weight is 364 g/mol. The number of carbonyl (C=O) groups is 2. The number of halogens is 1. The average Bonchev–Trinajstić information content (AvgIpc) is 2.94. The van der Waals surface area contributed by atoms with Crippen molar-refractivity contribution in [3.05, 3.63) is 0 Å². The molecule has 2 heterocycles. The lowest BCUT2D eigenvalue weighted by atomic mass is 9.94. The summed E-state index contributed by atoms with van der Waals surface area (Å²) in [6.07, 6.45) is 2.24. The molecule has 0 radical (unpaired) electrons. The van der Waals surface area contributed by atoms with Gasteiger partial charge in [0.25, 0.3) is 0 Å². The van der Waals surface area contributed by atoms with E-state index < -0.39 is 5.41 Å². The van der Waals surface area contributed by atoms with E-state index >= 15 is 0 Å². The first-order valence-electron chi connectivity index (χ1n) is 8.16. The number of nitrogens with one attached hydrogen (secondary N) is 1. The van der Waals surface area contributed by atoms with E-state index in [1.54, 1.807) is 16.7 Å². The van der Waals surface area contributed by atoms with Crippen LogP contribution in [0.4, 0.5) is 0 Å². The van der Waals surface area contributed by atoms with E-state index in [-0.39, 0.29) is 30.3 Å². The van der Waals surface area contributed by atoms with Gasteiger partial charge in [0.2, 0.25) is 11.8 Å². The molecule has 0 saturated carbocycles. The van der Waals surface area contributed by atoms with Gasteiger partial charge in [-0.3, -0.25) is 9.59 Å². The molecule has 2 saturated heterocycles. The summed E-state index contributed by atoms with van der Waals surface area (Å²) in [5.74, 6) is 2.13. The fourth-order valence-corrected chi connectivity index (χ4v) is 4.35. The van der Waals surface area contributed by atoms with Crippen LogP contribution in [0.3, 0.4) is 0 Å². The molecule has 0 aromatic carbocycles. The highest BCUT2D eigenvalue weighted by molar-refractivity contribution is 7.99. The van der Waals surface area contributed by atoms with Gasteiger partial charge in [-0.2, -0.15) is 0 Å². The Morgan fingerprint density at radius 1 is 1.30 bits per heavy atom. The van der Waals surface area contributed by atoms with Gasteiger partial charge in [0.15, 0.2) is 0 Å². The zero-order chi connectivity index (χ0) is 16.3. The molecule has 1 N–H and O–H groups in total. The number of hydrogen-bond acceptors (Lipinski definition) is 4. The van der Waals surface area contributed by atoms with Crippen molar-refractivity contribution in [2.45, 2.75) is 39.7 Å². The molecule has 2 amide bonds. The van der Waals surface area contributed by atoms with Crippen LogP contribution in [0.25, 0.3) is 0 Å². The summed E-state index contributed by atoms with van der Waals surface area (Å²) in [6.45, 7) is 8.36. The second-order valence-corrected chi connectivity index (χ2v) is 8.39. The van der Waals surface area contributed by atoms with Crippen molar-refractivity contribution in [3.63, 3.8) is 0 Å². The van der Waals surface area contributed by atoms with E-state index in [0.717, 1.165) is 31.8 Å². The Morgan fingerprint density at radius 2 is 2.00 bits per heavy atom. The number of rotatable bonds is 3. The first-order chi connectivity index (χ1) is 10.3. The largest absolute Gasteiger partial charge is 0.341 e. The summed E-state index contributed by atoms with van der Waals surface area (Å²) in [6, 6.07) is -0.273. The number of carbonyl (C=O) groups excluding carboxylic acids is 2. The molecule has 0 aromatic heterocycles. The maximum Gasteiger partial charge on any atom is 0.246 e. The Morgan fingerprint density at radius 3 is 2.61 bits per heavy atom. The van der Waals surface area contributed by atoms with E-state index in [1.807, 2.05) is 32.7 Å². The van der Waals surface area contributed by atoms with E-state index in [0.29, 0.717) is 11.8 Å². The molecule has 5 nitrogen and oxygen atoms in total. The molecule has 7 heteroatoms. The molecular weight excluding hydrogens is 334 g/mol. The molecule has 0 aliphatic carbocycles. The van der Waals surface area contributed by atoms with E-state index in [2.05, 4.69) is 5.32 Å². The minimum absolute atomic E-state index is 0. The fourth-order valence-electron chi connectivity index (χ4n) is 3.21. The van der Waals surface area contributed by atoms with Gasteiger partial charge >= 0.3 is 0 Å². The van der Waals surface area contributed by atoms with Gasteiger partial charge < -0.3 is 15.1 Å². The third-order valence-electron chi connectivity index (χ3n) is 4.39. The van der Waals surface area contributed by atoms with Gasteiger partial charge in [0.05, 0.1) is 5.88 Å². The Balaban J connectivity index is 0.00000264. The van der Waals surface area contributed by atoms with Crippen LogP contribution in [0.5, 0.6) is 0 Å². The monoisotopic (exact) mass is 363 g/mol. The molecule has 2 rings (SSSR count). The molecule has 23 heavy (non-hydrogen) atoms. The highest BCUT2D eigenvalue weighted by atomic mass is 35.5. The maximum absolute atomic E-state index is 12.9. The molecule has 134 valence electrons. The summed E-state index contributed by atoms with van der Waals surface area (Å²) in [7, 11) is 1.96. The van der Waals surface area contributed by atoms with Crippen LogP contribution in [0.1, 0.15) is 33.6 Å². The number of thioether (sulfide) groups is 1. The highest BCUT2D eigenvalue weighted by Crippen LogP contribution is 2.29. The lowest BCUT2D eigenvalue weighted by Gasteiger charge is -2.37. The molecule has 2 aliphatic heterocycles. The molecule has 2 atom stereocenters. The molecule has 0 spiro atoms. The first-order valence-corrected chi connectivity index (χ1v) is 9.32. The second kappa shape index (κ2) is 8.58. The Bertz CT molecular complexity index is 426. The summed E-state index contributed by atoms with van der Waals surface area (Å²) in [5, 5.41) is 3.21. The van der Waals surface area contributed by atoms with Crippen LogP contribution in [-0.2, 0) is 9.59 Å². The van der Waals surface area contributed by atoms with Crippen molar-refractivity contribution in [1.29, 1.82) is 0 Å². The molecule has 0 bridgehead atoms. The fraction of sp³-hybridized carbons (Fsp3) is 0.875. The number of likely N-dealkylation sites (tertiary alicyclic amines) is 1. The van der Waals surface area contributed by atoms with E-state index in [9.17, 15) is 9.59 Å². The first kappa shape index (κ1) is 20.6. The van der Waals surface area contributed by atoms with Gasteiger partial charge in [0, 0.05) is 24.3 Å². The van der Waals surface area contributed by atoms with Crippen LogP contribution in [0.15, 0.2) is 0 Å². The van der Waals surface area contributed by atoms with Crippen molar-refractivity contribution in [2.75, 3.05) is 38.3 Å². The molecule has 2 fully saturated rings. The van der Waals surface area contributed by atoms with Gasteiger partial charge in [0.1, 0.15) is 6.04 Å². The molecular formula is C16H30ClN3O2S. The minimum atomic E-state index is -0.431. The van der Waals surface area contributed by atoms with Crippen LogP contribution in [-0.4, -0.2) is 66.0 Å². The predicted octanol–water partition coefficient (Wildman–Crippen LogP) is 1.81. The number of nitrogens with zero attached hydrogens (tertiary/aromatic N) is 2. The van der Waals surface area contributed by atoms with Gasteiger partial charge in [-0.1, -0.05) is 20.8 Å². The lowest BCUT2D eigenvalue weighted by molar-refractivity contribution is -0.148. The number of amides is 2. The van der Waals surface area contributed by atoms with Gasteiger partial charge in [-0.15, -0.1) is 24.2 Å². The van der Waals surface area contributed by atoms with Crippen molar-refractivity contribution >= 4 is 36.0 Å². The van der Waals surface area contributed by atoms with Crippen molar-refractivity contribution in [3.8, 4) is 0 Å². The van der Waals surface area contributed by atoms with Gasteiger partial charge in [-0.25, -0.2) is 0 Å². The predicted molar refractivity (Wildman–Crippen MR) is 97.9 cm³/mol. The summed E-state index contributed by atoms with van der Waals surface area (Å²) < 4.78 is 0. The van der Waals surface area contributed by atoms with Crippen LogP contribution in [0.2, 0.25) is 0 Å². The standard InChI is InChI=1S/C16H29N3O2S.ClH/c1-16(2,3)15(21)19-11-22-10-13(19)14(20)18-7-5-6-12(9-18)8-17-4;/h12-13,17H,5-11H2,1-4H3;1H. The quantitative estimate of drug-likeness (QED) is 0.831. The van der Waals surface area contributed by atoms with E-state index in [1.165, 1.54) is 6.42 Å². The van der Waals surface area contributed by atoms with Crippen LogP contribution < -0.4 is 5.32 Å². The van der Waals surface area contributed by atoms with Crippen molar-refractivity contribution < 1.29 is 9.59 Å². The van der Waals surface area contributed by atoms with Crippen LogP contribution >= 0.6 is 24.2 Å². The van der Waals surface area contributed by atoms with Crippen molar-refractivity contribution in [1.82, 2.24) is 15.1 Å². The second-order valence-electron chi connectivity index (χ2n) is 7.39. The Kier molecular flexibility index (Phi) is 7.68. The summed E-state index contributed by atoms with van der Waals surface area (Å²) >= 11 is 1.68. The Labute approximate surface area is 150 Å². The SMILES string of the molecule is CNCC1CCCN(C(=O)C2CSCN2C(=O)C(C)(C)C)C1.Cl. The number of hydrogen-bond donors (Lipinski definition) is 1. The zero-order valence-electron chi connectivity index (χ0n) is 14.6. The summed E-state index contributed by atoms with van der Waals surface area (Å²) in [4.78, 5) is 29.2.